The summed E-state index contributed by atoms with van der Waals surface area (Å²) in [6.45, 7) is 9.84. The van der Waals surface area contributed by atoms with Crippen LogP contribution in [0.5, 0.6) is 0 Å². The number of esters is 1. The fourth-order valence-electron chi connectivity index (χ4n) is 2.33. The first-order valence-electron chi connectivity index (χ1n) is 7.63. The lowest BCUT2D eigenvalue weighted by atomic mass is 10.1. The number of ether oxygens (including phenoxy) is 1. The van der Waals surface area contributed by atoms with Gasteiger partial charge in [-0.15, -0.1) is 0 Å². The molecule has 1 rings (SSSR count). The van der Waals surface area contributed by atoms with Crippen molar-refractivity contribution in [3.05, 3.63) is 30.3 Å². The summed E-state index contributed by atoms with van der Waals surface area (Å²) in [5, 5.41) is 3.38. The van der Waals surface area contributed by atoms with Crippen molar-refractivity contribution in [2.45, 2.75) is 52.2 Å². The lowest BCUT2D eigenvalue weighted by molar-refractivity contribution is -0.143. The van der Waals surface area contributed by atoms with Gasteiger partial charge in [0.05, 0.1) is 7.11 Å². The van der Waals surface area contributed by atoms with Crippen molar-refractivity contribution in [3.63, 3.8) is 0 Å². The van der Waals surface area contributed by atoms with Crippen LogP contribution in [0.2, 0.25) is 0 Å². The van der Waals surface area contributed by atoms with Gasteiger partial charge >= 0.3 is 5.97 Å². The predicted molar refractivity (Wildman–Crippen MR) is 91.8 cm³/mol. The third-order valence-electron chi connectivity index (χ3n) is 3.59. The fraction of sp³-hybridized carbons (Fsp3) is 0.588. The molecule has 1 aromatic carbocycles. The number of carbonyl (C=O) groups excluding carboxylic acids is 1. The summed E-state index contributed by atoms with van der Waals surface area (Å²) in [5.41, 5.74) is 0. The normalized spacial score (nSPS) is 16.1. The Hall–Kier alpha value is -1.12. The smallest absolute Gasteiger partial charge is 0.323 e. The Labute approximate surface area is 134 Å². The minimum absolute atomic E-state index is 0.292. The van der Waals surface area contributed by atoms with Gasteiger partial charge in [0.1, 0.15) is 6.04 Å². The van der Waals surface area contributed by atoms with E-state index in [0.29, 0.717) is 12.3 Å². The Morgan fingerprint density at radius 3 is 2.18 bits per heavy atom. The molecule has 124 valence electrons. The predicted octanol–water partition coefficient (Wildman–Crippen LogP) is 3.57. The zero-order valence-electron chi connectivity index (χ0n) is 14.4. The maximum absolute atomic E-state index is 13.7. The molecule has 0 spiro atoms. The topological polar surface area (TPSA) is 55.4 Å². The van der Waals surface area contributed by atoms with E-state index >= 15 is 0 Å². The van der Waals surface area contributed by atoms with E-state index in [4.69, 9.17) is 4.74 Å². The highest BCUT2D eigenvalue weighted by molar-refractivity contribution is 7.71. The molecule has 1 aromatic rings. The Kier molecular flexibility index (Phi) is 6.39. The third kappa shape index (κ3) is 4.44. The number of hydrogen-bond donors (Lipinski definition) is 1. The van der Waals surface area contributed by atoms with Crippen LogP contribution in [0, 0.1) is 5.92 Å². The number of benzene rings is 1. The van der Waals surface area contributed by atoms with Crippen molar-refractivity contribution in [1.29, 1.82) is 0 Å². The van der Waals surface area contributed by atoms with Gasteiger partial charge in [-0.2, -0.15) is 0 Å². The Morgan fingerprint density at radius 1 is 1.23 bits per heavy atom. The van der Waals surface area contributed by atoms with E-state index in [1.54, 1.807) is 0 Å². The molecule has 0 aliphatic carbocycles. The van der Waals surface area contributed by atoms with E-state index in [1.165, 1.54) is 7.11 Å². The number of hydrogen-bond acceptors (Lipinski definition) is 3. The van der Waals surface area contributed by atoms with Gasteiger partial charge in [0.2, 0.25) is 0 Å². The van der Waals surface area contributed by atoms with Crippen LogP contribution in [0.15, 0.2) is 30.3 Å². The Morgan fingerprint density at radius 2 is 1.77 bits per heavy atom. The van der Waals surface area contributed by atoms with Gasteiger partial charge in [-0.05, 0) is 12.3 Å². The average Bonchev–Trinajstić information content (AvgIpc) is 2.44. The molecule has 0 saturated carbocycles. The highest BCUT2D eigenvalue weighted by Crippen LogP contribution is 2.53. The molecule has 0 aliphatic rings. The lowest BCUT2D eigenvalue weighted by Gasteiger charge is -2.35. The molecule has 0 aromatic heterocycles. The largest absolute Gasteiger partial charge is 0.468 e. The monoisotopic (exact) mass is 325 g/mol. The van der Waals surface area contributed by atoms with E-state index in [2.05, 4.69) is 5.09 Å². The number of nitrogens with one attached hydrogen (secondary N) is 1. The van der Waals surface area contributed by atoms with Gasteiger partial charge in [0, 0.05) is 10.5 Å². The molecule has 1 unspecified atom stereocenters. The molecule has 0 saturated heterocycles. The second kappa shape index (κ2) is 7.43. The summed E-state index contributed by atoms with van der Waals surface area (Å²) in [5.74, 6) is -0.0742. The summed E-state index contributed by atoms with van der Waals surface area (Å²) in [6.07, 6.45) is 0.583. The van der Waals surface area contributed by atoms with E-state index in [0.717, 1.165) is 5.30 Å². The number of methoxy groups -OCH3 is 1. The van der Waals surface area contributed by atoms with E-state index in [9.17, 15) is 9.36 Å². The molecule has 5 heteroatoms. The van der Waals surface area contributed by atoms with Crippen molar-refractivity contribution in [2.24, 2.45) is 5.92 Å². The van der Waals surface area contributed by atoms with Gasteiger partial charge in [-0.3, -0.25) is 4.79 Å². The fourth-order valence-corrected chi connectivity index (χ4v) is 4.88. The summed E-state index contributed by atoms with van der Waals surface area (Å²) >= 11 is 0. The van der Waals surface area contributed by atoms with Crippen LogP contribution in [0.4, 0.5) is 0 Å². The maximum atomic E-state index is 13.7. The van der Waals surface area contributed by atoms with Gasteiger partial charge in [0.25, 0.3) is 0 Å². The minimum Gasteiger partial charge on any atom is -0.468 e. The van der Waals surface area contributed by atoms with Gasteiger partial charge in [-0.1, -0.05) is 65.0 Å². The molecule has 0 heterocycles. The third-order valence-corrected chi connectivity index (χ3v) is 7.18. The SMILES string of the molecule is COC(=O)[C@H](CC(C)C)NP(=O)(c1ccccc1)C(C)(C)C. The standard InChI is InChI=1S/C17H28NO3P/c1-13(2)12-15(16(19)21-6)18-22(20,17(3,4)5)14-10-8-7-9-11-14/h7-11,13,15H,12H2,1-6H3,(H,18,20)/t15-,22?/m0/s1. The van der Waals surface area contributed by atoms with Crippen LogP contribution in [0.1, 0.15) is 41.0 Å². The highest BCUT2D eigenvalue weighted by atomic mass is 31.2. The highest BCUT2D eigenvalue weighted by Gasteiger charge is 2.41. The second-order valence-corrected chi connectivity index (χ2v) is 10.3. The second-order valence-electron chi connectivity index (χ2n) is 6.95. The maximum Gasteiger partial charge on any atom is 0.323 e. The van der Waals surface area contributed by atoms with E-state index in [1.807, 2.05) is 65.0 Å². The molecule has 0 fully saturated rings. The Balaban J connectivity index is 3.23. The molecule has 0 bridgehead atoms. The van der Waals surface area contributed by atoms with Crippen molar-refractivity contribution in [2.75, 3.05) is 7.11 Å². The first-order valence-corrected chi connectivity index (χ1v) is 9.34. The van der Waals surface area contributed by atoms with E-state index in [-0.39, 0.29) is 5.97 Å². The van der Waals surface area contributed by atoms with Crippen LogP contribution in [0.25, 0.3) is 0 Å². The van der Waals surface area contributed by atoms with Crippen molar-refractivity contribution in [1.82, 2.24) is 5.09 Å². The first-order chi connectivity index (χ1) is 10.1. The zero-order valence-corrected chi connectivity index (χ0v) is 15.3. The zero-order chi connectivity index (χ0) is 17.0. The van der Waals surface area contributed by atoms with Crippen molar-refractivity contribution < 1.29 is 14.1 Å². The molecule has 0 amide bonds. The molecule has 0 aliphatic heterocycles. The summed E-state index contributed by atoms with van der Waals surface area (Å²) in [7, 11) is -1.62. The van der Waals surface area contributed by atoms with Gasteiger partial charge in [-0.25, -0.2) is 5.09 Å². The van der Waals surface area contributed by atoms with Gasteiger partial charge < -0.3 is 9.30 Å². The van der Waals surface area contributed by atoms with Crippen LogP contribution in [-0.2, 0) is 14.1 Å². The molecule has 22 heavy (non-hydrogen) atoms. The van der Waals surface area contributed by atoms with Crippen molar-refractivity contribution in [3.8, 4) is 0 Å². The first kappa shape index (κ1) is 18.9. The molecule has 1 N–H and O–H groups in total. The summed E-state index contributed by atoms with van der Waals surface area (Å²) < 4.78 is 18.6. The minimum atomic E-state index is -2.99. The van der Waals surface area contributed by atoms with Crippen LogP contribution >= 0.6 is 7.29 Å². The molecular weight excluding hydrogens is 297 g/mol. The molecule has 0 radical (unpaired) electrons. The quantitative estimate of drug-likeness (QED) is 0.642. The summed E-state index contributed by atoms with van der Waals surface area (Å²) in [4.78, 5) is 12.1. The number of rotatable bonds is 6. The van der Waals surface area contributed by atoms with Gasteiger partial charge in [0.15, 0.2) is 7.29 Å². The molecule has 2 atom stereocenters. The van der Waals surface area contributed by atoms with Crippen molar-refractivity contribution >= 4 is 18.6 Å². The summed E-state index contributed by atoms with van der Waals surface area (Å²) in [6, 6.07) is 8.75. The number of carbonyl (C=O) groups is 1. The van der Waals surface area contributed by atoms with Crippen LogP contribution < -0.4 is 10.4 Å². The van der Waals surface area contributed by atoms with Crippen LogP contribution in [-0.4, -0.2) is 24.3 Å². The van der Waals surface area contributed by atoms with Crippen LogP contribution in [0.3, 0.4) is 0 Å². The molecular formula is C17H28NO3P. The average molecular weight is 325 g/mol. The lowest BCUT2D eigenvalue weighted by Crippen LogP contribution is -2.43. The molecule has 4 nitrogen and oxygen atoms in total. The Bertz CT molecular complexity index is 535. The van der Waals surface area contributed by atoms with E-state index < -0.39 is 18.5 Å².